The molecule has 2 aromatic carbocycles. The molecular formula is C22H24N6O. The molecule has 1 aliphatic heterocycles. The molecule has 7 heteroatoms. The van der Waals surface area contributed by atoms with E-state index in [1.807, 2.05) is 35.9 Å². The molecular weight excluding hydrogens is 364 g/mol. The van der Waals surface area contributed by atoms with Crippen molar-refractivity contribution in [1.29, 1.82) is 0 Å². The average Bonchev–Trinajstić information content (AvgIpc) is 3.38. The third kappa shape index (κ3) is 3.54. The first kappa shape index (κ1) is 18.0. The van der Waals surface area contributed by atoms with Gasteiger partial charge >= 0.3 is 0 Å². The molecule has 0 N–H and O–H groups in total. The summed E-state index contributed by atoms with van der Waals surface area (Å²) in [7, 11) is 4.15. The first-order chi connectivity index (χ1) is 14.2. The molecule has 3 heterocycles. The zero-order valence-corrected chi connectivity index (χ0v) is 16.7. The second-order valence-corrected chi connectivity index (χ2v) is 7.73. The van der Waals surface area contributed by atoms with Crippen LogP contribution in [-0.2, 0) is 13.6 Å². The van der Waals surface area contributed by atoms with E-state index in [2.05, 4.69) is 50.2 Å². The van der Waals surface area contributed by atoms with Crippen molar-refractivity contribution < 1.29 is 4.52 Å². The zero-order valence-electron chi connectivity index (χ0n) is 16.7. The first-order valence-electron chi connectivity index (χ1n) is 9.92. The van der Waals surface area contributed by atoms with Crippen LogP contribution in [0.1, 0.15) is 5.56 Å². The highest BCUT2D eigenvalue weighted by molar-refractivity contribution is 5.89. The average molecular weight is 388 g/mol. The van der Waals surface area contributed by atoms with Crippen LogP contribution in [0.5, 0.6) is 0 Å². The summed E-state index contributed by atoms with van der Waals surface area (Å²) in [5, 5.41) is 4.23. The van der Waals surface area contributed by atoms with Crippen LogP contribution >= 0.6 is 0 Å². The predicted octanol–water partition coefficient (Wildman–Crippen LogP) is 3.04. The topological polar surface area (TPSA) is 63.2 Å². The summed E-state index contributed by atoms with van der Waals surface area (Å²) in [5.41, 5.74) is 5.01. The molecule has 0 atom stereocenters. The van der Waals surface area contributed by atoms with E-state index in [9.17, 15) is 0 Å². The van der Waals surface area contributed by atoms with E-state index in [4.69, 9.17) is 4.52 Å². The standard InChI is InChI=1S/C22H24N6O/c1-26-9-11-28(12-10-26)14-16-5-3-6-17(13-16)21-24-22(29-25-21)18-7-4-8-19-20(18)23-15-27(19)2/h3-8,13,15H,9-12,14H2,1-2H3. The molecule has 0 saturated carbocycles. The lowest BCUT2D eigenvalue weighted by atomic mass is 10.1. The molecule has 0 bridgehead atoms. The van der Waals surface area contributed by atoms with Crippen LogP contribution in [0.4, 0.5) is 0 Å². The second kappa shape index (κ2) is 7.42. The highest BCUT2D eigenvalue weighted by Gasteiger charge is 2.17. The number of benzene rings is 2. The monoisotopic (exact) mass is 388 g/mol. The van der Waals surface area contributed by atoms with Crippen LogP contribution < -0.4 is 0 Å². The molecule has 0 unspecified atom stereocenters. The first-order valence-corrected chi connectivity index (χ1v) is 9.92. The van der Waals surface area contributed by atoms with Crippen molar-refractivity contribution in [3.8, 4) is 22.8 Å². The smallest absolute Gasteiger partial charge is 0.260 e. The maximum Gasteiger partial charge on any atom is 0.260 e. The van der Waals surface area contributed by atoms with Gasteiger partial charge in [-0.1, -0.05) is 29.4 Å². The number of likely N-dealkylation sites (N-methyl/N-ethyl adjacent to an activating group) is 1. The summed E-state index contributed by atoms with van der Waals surface area (Å²) in [6.45, 7) is 5.38. The minimum atomic E-state index is 0.494. The van der Waals surface area contributed by atoms with Gasteiger partial charge in [-0.2, -0.15) is 4.98 Å². The van der Waals surface area contributed by atoms with Gasteiger partial charge in [0.1, 0.15) is 5.52 Å². The maximum absolute atomic E-state index is 5.60. The molecule has 1 fully saturated rings. The van der Waals surface area contributed by atoms with Gasteiger partial charge in [-0.05, 0) is 30.8 Å². The summed E-state index contributed by atoms with van der Waals surface area (Å²) in [4.78, 5) is 14.0. The summed E-state index contributed by atoms with van der Waals surface area (Å²) < 4.78 is 7.58. The number of piperazine rings is 1. The van der Waals surface area contributed by atoms with E-state index in [0.29, 0.717) is 11.7 Å². The number of rotatable bonds is 4. The van der Waals surface area contributed by atoms with Crippen molar-refractivity contribution >= 4 is 11.0 Å². The lowest BCUT2D eigenvalue weighted by molar-refractivity contribution is 0.148. The second-order valence-electron chi connectivity index (χ2n) is 7.73. The fourth-order valence-electron chi connectivity index (χ4n) is 3.85. The van der Waals surface area contributed by atoms with Gasteiger partial charge in [-0.25, -0.2) is 4.98 Å². The number of aryl methyl sites for hydroxylation is 1. The van der Waals surface area contributed by atoms with E-state index in [0.717, 1.165) is 54.9 Å². The zero-order chi connectivity index (χ0) is 19.8. The van der Waals surface area contributed by atoms with Gasteiger partial charge in [0.25, 0.3) is 5.89 Å². The Morgan fingerprint density at radius 3 is 2.69 bits per heavy atom. The van der Waals surface area contributed by atoms with Gasteiger partial charge < -0.3 is 14.0 Å². The molecule has 0 spiro atoms. The highest BCUT2D eigenvalue weighted by Crippen LogP contribution is 2.28. The Bertz CT molecular complexity index is 1140. The summed E-state index contributed by atoms with van der Waals surface area (Å²) in [5.74, 6) is 1.10. The largest absolute Gasteiger partial charge is 0.334 e. The number of imidazole rings is 1. The van der Waals surface area contributed by atoms with Crippen molar-refractivity contribution in [3.63, 3.8) is 0 Å². The third-order valence-corrected chi connectivity index (χ3v) is 5.60. The van der Waals surface area contributed by atoms with Crippen molar-refractivity contribution in [2.45, 2.75) is 6.54 Å². The van der Waals surface area contributed by atoms with Gasteiger partial charge in [0.15, 0.2) is 0 Å². The molecule has 0 amide bonds. The van der Waals surface area contributed by atoms with E-state index in [1.165, 1.54) is 5.56 Å². The van der Waals surface area contributed by atoms with E-state index >= 15 is 0 Å². The van der Waals surface area contributed by atoms with Gasteiger partial charge in [-0.15, -0.1) is 0 Å². The molecule has 29 heavy (non-hydrogen) atoms. The lowest BCUT2D eigenvalue weighted by Gasteiger charge is -2.32. The quantitative estimate of drug-likeness (QED) is 0.535. The van der Waals surface area contributed by atoms with Crippen molar-refractivity contribution in [1.82, 2.24) is 29.5 Å². The van der Waals surface area contributed by atoms with Crippen molar-refractivity contribution in [2.75, 3.05) is 33.2 Å². The Balaban J connectivity index is 1.40. The van der Waals surface area contributed by atoms with Crippen LogP contribution in [0.15, 0.2) is 53.3 Å². The van der Waals surface area contributed by atoms with E-state index < -0.39 is 0 Å². The Labute approximate surface area is 169 Å². The third-order valence-electron chi connectivity index (χ3n) is 5.60. The number of hydrogen-bond donors (Lipinski definition) is 0. The predicted molar refractivity (Wildman–Crippen MR) is 112 cm³/mol. The Morgan fingerprint density at radius 1 is 1.00 bits per heavy atom. The number of fused-ring (bicyclic) bond motifs is 1. The number of nitrogens with zero attached hydrogens (tertiary/aromatic N) is 6. The minimum absolute atomic E-state index is 0.494. The number of aromatic nitrogens is 4. The minimum Gasteiger partial charge on any atom is -0.334 e. The van der Waals surface area contributed by atoms with Gasteiger partial charge in [-0.3, -0.25) is 4.90 Å². The van der Waals surface area contributed by atoms with Crippen LogP contribution in [-0.4, -0.2) is 62.7 Å². The number of para-hydroxylation sites is 1. The van der Waals surface area contributed by atoms with Gasteiger partial charge in [0.05, 0.1) is 17.4 Å². The van der Waals surface area contributed by atoms with E-state index in [-0.39, 0.29) is 0 Å². The van der Waals surface area contributed by atoms with Gasteiger partial charge in [0, 0.05) is 45.3 Å². The Hall–Kier alpha value is -3.03. The molecule has 1 saturated heterocycles. The van der Waals surface area contributed by atoms with Crippen LogP contribution in [0.2, 0.25) is 0 Å². The van der Waals surface area contributed by atoms with Crippen LogP contribution in [0, 0.1) is 0 Å². The summed E-state index contributed by atoms with van der Waals surface area (Å²) >= 11 is 0. The highest BCUT2D eigenvalue weighted by atomic mass is 16.5. The molecule has 0 aliphatic carbocycles. The SMILES string of the molecule is CN1CCN(Cc2cccc(-c3noc(-c4cccc5c4ncn5C)n3)c2)CC1. The molecule has 4 aromatic rings. The molecule has 0 radical (unpaired) electrons. The fraction of sp³-hybridized carbons (Fsp3) is 0.318. The summed E-state index contributed by atoms with van der Waals surface area (Å²) in [6.07, 6.45) is 1.80. The summed E-state index contributed by atoms with van der Waals surface area (Å²) in [6, 6.07) is 14.4. The molecule has 5 rings (SSSR count). The molecule has 2 aromatic heterocycles. The van der Waals surface area contributed by atoms with E-state index in [1.54, 1.807) is 6.33 Å². The molecule has 148 valence electrons. The van der Waals surface area contributed by atoms with Gasteiger partial charge in [0.2, 0.25) is 5.82 Å². The normalized spacial score (nSPS) is 15.9. The molecule has 7 nitrogen and oxygen atoms in total. The lowest BCUT2D eigenvalue weighted by Crippen LogP contribution is -2.43. The molecule has 1 aliphatic rings. The Kier molecular flexibility index (Phi) is 4.61. The van der Waals surface area contributed by atoms with Crippen LogP contribution in [0.25, 0.3) is 33.9 Å². The van der Waals surface area contributed by atoms with Crippen molar-refractivity contribution in [3.05, 3.63) is 54.4 Å². The fourth-order valence-corrected chi connectivity index (χ4v) is 3.85. The van der Waals surface area contributed by atoms with Crippen molar-refractivity contribution in [2.24, 2.45) is 7.05 Å². The number of hydrogen-bond acceptors (Lipinski definition) is 6. The Morgan fingerprint density at radius 2 is 1.83 bits per heavy atom. The van der Waals surface area contributed by atoms with Crippen LogP contribution in [0.3, 0.4) is 0 Å². The maximum atomic E-state index is 5.60.